The average Bonchev–Trinajstić information content (AvgIpc) is 3.13. The summed E-state index contributed by atoms with van der Waals surface area (Å²) in [5, 5.41) is 0.736. The predicted octanol–water partition coefficient (Wildman–Crippen LogP) is 4.84. The van der Waals surface area contributed by atoms with Crippen molar-refractivity contribution in [3.8, 4) is 0 Å². The van der Waals surface area contributed by atoms with Gasteiger partial charge in [0.1, 0.15) is 0 Å². The lowest BCUT2D eigenvalue weighted by Crippen LogP contribution is -2.36. The number of likely N-dealkylation sites (N-methyl/N-ethyl adjacent to an activating group) is 1. The van der Waals surface area contributed by atoms with Gasteiger partial charge in [-0.15, -0.1) is 11.3 Å². The molecule has 0 fully saturated rings. The number of hydrogen-bond acceptors (Lipinski definition) is 5. The zero-order valence-electron chi connectivity index (χ0n) is 14.7. The fraction of sp³-hybridized carbons (Fsp3) is 0.333. The molecule has 3 aromatic rings. The fourth-order valence-electron chi connectivity index (χ4n) is 2.62. The maximum absolute atomic E-state index is 13.0. The number of aryl methyl sites for hydroxylation is 2. The number of thiazole rings is 1. The molecular formula is C18H20ClN3OS2. The second kappa shape index (κ2) is 7.41. The molecule has 0 saturated carbocycles. The molecule has 4 nitrogen and oxygen atoms in total. The quantitative estimate of drug-likeness (QED) is 0.622. The van der Waals surface area contributed by atoms with E-state index in [2.05, 4.69) is 30.9 Å². The molecule has 1 amide bonds. The summed E-state index contributed by atoms with van der Waals surface area (Å²) in [7, 11) is 3.99. The number of thiophene rings is 1. The molecule has 0 radical (unpaired) electrons. The van der Waals surface area contributed by atoms with Crippen LogP contribution in [0.2, 0.25) is 4.34 Å². The molecule has 0 aliphatic rings. The monoisotopic (exact) mass is 393 g/mol. The van der Waals surface area contributed by atoms with Gasteiger partial charge in [0.2, 0.25) is 0 Å². The number of fused-ring (bicyclic) bond motifs is 1. The standard InChI is InChI=1S/C18H20ClN3OS2/c1-11-9-12(2)16-14(10-11)25-18(20-16)22(8-7-21(3)4)17(23)13-5-6-15(19)24-13/h5-6,9-10H,7-8H2,1-4H3. The van der Waals surface area contributed by atoms with E-state index in [4.69, 9.17) is 16.6 Å². The number of nitrogens with zero attached hydrogens (tertiary/aromatic N) is 3. The lowest BCUT2D eigenvalue weighted by molar-refractivity contribution is 0.0989. The van der Waals surface area contributed by atoms with Crippen LogP contribution in [0.25, 0.3) is 10.2 Å². The number of rotatable bonds is 5. The fourth-order valence-corrected chi connectivity index (χ4v) is 4.78. The molecule has 0 saturated heterocycles. The summed E-state index contributed by atoms with van der Waals surface area (Å²) in [6, 6.07) is 7.78. The Morgan fingerprint density at radius 3 is 2.56 bits per heavy atom. The van der Waals surface area contributed by atoms with Crippen LogP contribution >= 0.6 is 34.3 Å². The van der Waals surface area contributed by atoms with Gasteiger partial charge in [-0.25, -0.2) is 4.98 Å². The zero-order chi connectivity index (χ0) is 18.1. The summed E-state index contributed by atoms with van der Waals surface area (Å²) in [4.78, 5) is 22.2. The van der Waals surface area contributed by atoms with Gasteiger partial charge in [0, 0.05) is 13.1 Å². The number of benzene rings is 1. The molecule has 0 spiro atoms. The van der Waals surface area contributed by atoms with Crippen LogP contribution in [0, 0.1) is 13.8 Å². The van der Waals surface area contributed by atoms with E-state index < -0.39 is 0 Å². The Kier molecular flexibility index (Phi) is 5.43. The molecule has 25 heavy (non-hydrogen) atoms. The van der Waals surface area contributed by atoms with E-state index in [1.165, 1.54) is 16.9 Å². The molecule has 0 aliphatic carbocycles. The minimum atomic E-state index is -0.0489. The van der Waals surface area contributed by atoms with Crippen LogP contribution in [-0.2, 0) is 0 Å². The number of carbonyl (C=O) groups is 1. The van der Waals surface area contributed by atoms with E-state index in [0.717, 1.165) is 27.5 Å². The first-order valence-corrected chi connectivity index (χ1v) is 9.96. The van der Waals surface area contributed by atoms with E-state index in [-0.39, 0.29) is 5.91 Å². The highest BCUT2D eigenvalue weighted by atomic mass is 35.5. The zero-order valence-corrected chi connectivity index (χ0v) is 17.1. The first-order valence-electron chi connectivity index (χ1n) is 7.95. The van der Waals surface area contributed by atoms with Crippen molar-refractivity contribution in [1.29, 1.82) is 0 Å². The Bertz CT molecular complexity index is 916. The molecule has 0 unspecified atom stereocenters. The third kappa shape index (κ3) is 4.03. The van der Waals surface area contributed by atoms with E-state index in [1.807, 2.05) is 14.1 Å². The van der Waals surface area contributed by atoms with Crippen molar-refractivity contribution in [2.75, 3.05) is 32.1 Å². The molecular weight excluding hydrogens is 374 g/mol. The van der Waals surface area contributed by atoms with Gasteiger partial charge >= 0.3 is 0 Å². The van der Waals surface area contributed by atoms with Crippen LogP contribution in [-0.4, -0.2) is 43.0 Å². The summed E-state index contributed by atoms with van der Waals surface area (Å²) in [5.41, 5.74) is 3.31. The Morgan fingerprint density at radius 1 is 1.16 bits per heavy atom. The summed E-state index contributed by atoms with van der Waals surface area (Å²) in [6.07, 6.45) is 0. The molecule has 132 valence electrons. The number of hydrogen-bond donors (Lipinski definition) is 0. The maximum atomic E-state index is 13.0. The van der Waals surface area contributed by atoms with E-state index >= 15 is 0 Å². The van der Waals surface area contributed by atoms with Gasteiger partial charge in [-0.1, -0.05) is 29.0 Å². The van der Waals surface area contributed by atoms with Gasteiger partial charge in [-0.2, -0.15) is 0 Å². The van der Waals surface area contributed by atoms with Crippen molar-refractivity contribution >= 4 is 55.5 Å². The first-order chi connectivity index (χ1) is 11.8. The highest BCUT2D eigenvalue weighted by molar-refractivity contribution is 7.22. The van der Waals surface area contributed by atoms with Gasteiger partial charge in [-0.05, 0) is 57.3 Å². The lowest BCUT2D eigenvalue weighted by atomic mass is 10.1. The summed E-state index contributed by atoms with van der Waals surface area (Å²) in [6.45, 7) is 5.48. The Balaban J connectivity index is 2.01. The number of aromatic nitrogens is 1. The smallest absolute Gasteiger partial charge is 0.270 e. The highest BCUT2D eigenvalue weighted by Crippen LogP contribution is 2.33. The van der Waals surface area contributed by atoms with E-state index in [0.29, 0.717) is 15.8 Å². The molecule has 2 heterocycles. The second-order valence-electron chi connectivity index (χ2n) is 6.29. The molecule has 0 N–H and O–H groups in total. The predicted molar refractivity (Wildman–Crippen MR) is 109 cm³/mol. The number of carbonyl (C=O) groups excluding carboxylic acids is 1. The van der Waals surface area contributed by atoms with Crippen LogP contribution in [0.15, 0.2) is 24.3 Å². The van der Waals surface area contributed by atoms with Crippen molar-refractivity contribution in [3.63, 3.8) is 0 Å². The number of halogens is 1. The highest BCUT2D eigenvalue weighted by Gasteiger charge is 2.23. The first kappa shape index (κ1) is 18.3. The van der Waals surface area contributed by atoms with Crippen LogP contribution < -0.4 is 4.90 Å². The largest absolute Gasteiger partial charge is 0.308 e. The van der Waals surface area contributed by atoms with Crippen LogP contribution in [0.5, 0.6) is 0 Å². The van der Waals surface area contributed by atoms with Gasteiger partial charge in [-0.3, -0.25) is 9.69 Å². The minimum absolute atomic E-state index is 0.0489. The van der Waals surface area contributed by atoms with Crippen LogP contribution in [0.3, 0.4) is 0 Å². The number of amides is 1. The van der Waals surface area contributed by atoms with Crippen molar-refractivity contribution < 1.29 is 4.79 Å². The van der Waals surface area contributed by atoms with Crippen LogP contribution in [0.4, 0.5) is 5.13 Å². The van der Waals surface area contributed by atoms with E-state index in [9.17, 15) is 4.79 Å². The van der Waals surface area contributed by atoms with Crippen molar-refractivity contribution in [2.45, 2.75) is 13.8 Å². The summed E-state index contributed by atoms with van der Waals surface area (Å²) in [5.74, 6) is -0.0489. The second-order valence-corrected chi connectivity index (χ2v) is 9.01. The minimum Gasteiger partial charge on any atom is -0.308 e. The summed E-state index contributed by atoms with van der Waals surface area (Å²) < 4.78 is 1.73. The number of anilines is 1. The van der Waals surface area contributed by atoms with E-state index in [1.54, 1.807) is 28.4 Å². The topological polar surface area (TPSA) is 36.4 Å². The molecule has 3 rings (SSSR count). The van der Waals surface area contributed by atoms with Gasteiger partial charge < -0.3 is 4.90 Å². The normalized spacial score (nSPS) is 11.4. The Morgan fingerprint density at radius 2 is 1.92 bits per heavy atom. The van der Waals surface area contributed by atoms with Gasteiger partial charge in [0.15, 0.2) is 5.13 Å². The summed E-state index contributed by atoms with van der Waals surface area (Å²) >= 11 is 8.88. The molecule has 2 aromatic heterocycles. The van der Waals surface area contributed by atoms with Crippen molar-refractivity contribution in [1.82, 2.24) is 9.88 Å². The van der Waals surface area contributed by atoms with Crippen molar-refractivity contribution in [3.05, 3.63) is 44.6 Å². The Hall–Kier alpha value is -1.47. The lowest BCUT2D eigenvalue weighted by Gasteiger charge is -2.21. The van der Waals surface area contributed by atoms with Crippen molar-refractivity contribution in [2.24, 2.45) is 0 Å². The molecule has 7 heteroatoms. The van der Waals surface area contributed by atoms with Crippen LogP contribution in [0.1, 0.15) is 20.8 Å². The maximum Gasteiger partial charge on any atom is 0.270 e. The van der Waals surface area contributed by atoms with Gasteiger partial charge in [0.05, 0.1) is 19.4 Å². The molecule has 0 atom stereocenters. The third-order valence-electron chi connectivity index (χ3n) is 3.85. The molecule has 0 bridgehead atoms. The molecule has 0 aliphatic heterocycles. The Labute approximate surface area is 160 Å². The SMILES string of the molecule is Cc1cc(C)c2nc(N(CCN(C)C)C(=O)c3ccc(Cl)s3)sc2c1. The van der Waals surface area contributed by atoms with Gasteiger partial charge in [0.25, 0.3) is 5.91 Å². The molecule has 1 aromatic carbocycles. The average molecular weight is 394 g/mol. The third-order valence-corrected chi connectivity index (χ3v) is 6.09.